The van der Waals surface area contributed by atoms with Crippen molar-refractivity contribution in [3.8, 4) is 0 Å². The van der Waals surface area contributed by atoms with E-state index < -0.39 is 0 Å². The van der Waals surface area contributed by atoms with Crippen LogP contribution in [0.2, 0.25) is 0 Å². The SMILES string of the molecule is CCCC(=NN=C(N)N)c1ccc(NC(=O)Nc2ccc(/C(CCC)=N\N=C(N)N)cc2)cc1. The highest BCUT2D eigenvalue weighted by Crippen LogP contribution is 2.16. The second kappa shape index (κ2) is 13.2. The molecule has 0 aliphatic heterocycles. The summed E-state index contributed by atoms with van der Waals surface area (Å²) in [7, 11) is 0. The van der Waals surface area contributed by atoms with Crippen LogP contribution in [-0.4, -0.2) is 29.4 Å². The molecule has 0 atom stereocenters. The Morgan fingerprint density at radius 3 is 1.29 bits per heavy atom. The van der Waals surface area contributed by atoms with Crippen LogP contribution < -0.4 is 33.6 Å². The number of carbonyl (C=O) groups is 1. The number of hydrogen-bond donors (Lipinski definition) is 6. The van der Waals surface area contributed by atoms with Crippen molar-refractivity contribution in [2.75, 3.05) is 10.6 Å². The lowest BCUT2D eigenvalue weighted by molar-refractivity contribution is 0.262. The van der Waals surface area contributed by atoms with E-state index in [2.05, 4.69) is 31.0 Å². The molecule has 180 valence electrons. The monoisotopic (exact) mass is 464 g/mol. The van der Waals surface area contributed by atoms with Gasteiger partial charge >= 0.3 is 6.03 Å². The van der Waals surface area contributed by atoms with Gasteiger partial charge in [0.15, 0.2) is 0 Å². The third-order valence-corrected chi connectivity index (χ3v) is 4.50. The van der Waals surface area contributed by atoms with Crippen LogP contribution in [0.5, 0.6) is 0 Å². The minimum absolute atomic E-state index is 0.0979. The number of nitrogens with zero attached hydrogens (tertiary/aromatic N) is 4. The molecule has 0 fully saturated rings. The van der Waals surface area contributed by atoms with Crippen molar-refractivity contribution in [1.29, 1.82) is 0 Å². The standard InChI is InChI=1S/C23H32N10O/c1-3-5-19(30-32-21(24)25)15-7-11-17(12-8-15)28-23(34)29-18-13-9-16(10-14-18)20(6-4-2)31-33-22(26)27/h7-14H,3-6H2,1-2H3,(H4,24,25,32)(H4,26,27,33)(H2,28,29,34)/b30-19-,31-20?. The first kappa shape index (κ1) is 25.8. The van der Waals surface area contributed by atoms with Crippen molar-refractivity contribution in [1.82, 2.24) is 0 Å². The van der Waals surface area contributed by atoms with Crippen LogP contribution in [0.25, 0.3) is 0 Å². The Morgan fingerprint density at radius 2 is 1.00 bits per heavy atom. The van der Waals surface area contributed by atoms with Crippen molar-refractivity contribution in [3.63, 3.8) is 0 Å². The van der Waals surface area contributed by atoms with Gasteiger partial charge in [0.25, 0.3) is 0 Å². The van der Waals surface area contributed by atoms with Gasteiger partial charge in [0.1, 0.15) is 0 Å². The molecule has 2 aromatic carbocycles. The van der Waals surface area contributed by atoms with Crippen LogP contribution in [0.3, 0.4) is 0 Å². The molecule has 0 radical (unpaired) electrons. The predicted octanol–water partition coefficient (Wildman–Crippen LogP) is 2.89. The highest BCUT2D eigenvalue weighted by molar-refractivity contribution is 6.03. The van der Waals surface area contributed by atoms with Gasteiger partial charge in [-0.3, -0.25) is 0 Å². The summed E-state index contributed by atoms with van der Waals surface area (Å²) in [4.78, 5) is 12.4. The maximum Gasteiger partial charge on any atom is 0.323 e. The van der Waals surface area contributed by atoms with Gasteiger partial charge in [-0.1, -0.05) is 51.0 Å². The summed E-state index contributed by atoms with van der Waals surface area (Å²) in [5, 5.41) is 21.3. The minimum atomic E-state index is -0.369. The molecule has 11 heteroatoms. The summed E-state index contributed by atoms with van der Waals surface area (Å²) in [6.45, 7) is 4.08. The lowest BCUT2D eigenvalue weighted by atomic mass is 10.1. The summed E-state index contributed by atoms with van der Waals surface area (Å²) in [5.74, 6) is -0.196. The number of nitrogens with one attached hydrogen (secondary N) is 2. The molecule has 2 rings (SSSR count). The van der Waals surface area contributed by atoms with E-state index in [1.165, 1.54) is 0 Å². The van der Waals surface area contributed by atoms with E-state index in [-0.39, 0.29) is 18.0 Å². The molecule has 10 N–H and O–H groups in total. The first-order chi connectivity index (χ1) is 16.3. The Bertz CT molecular complexity index is 976. The van der Waals surface area contributed by atoms with Crippen LogP contribution in [-0.2, 0) is 0 Å². The second-order valence-corrected chi connectivity index (χ2v) is 7.38. The van der Waals surface area contributed by atoms with E-state index in [1.807, 2.05) is 38.1 Å². The molecule has 2 amide bonds. The molecule has 0 aliphatic rings. The molecule has 2 aromatic rings. The van der Waals surface area contributed by atoms with Gasteiger partial charge in [0.05, 0.1) is 11.4 Å². The number of guanidine groups is 2. The molecule has 0 bridgehead atoms. The molecule has 0 aromatic heterocycles. The zero-order valence-electron chi connectivity index (χ0n) is 19.5. The third kappa shape index (κ3) is 8.61. The molecular weight excluding hydrogens is 432 g/mol. The molecule has 0 unspecified atom stereocenters. The molecular formula is C23H32N10O. The topological polar surface area (TPSA) is 195 Å². The number of nitrogens with two attached hydrogens (primary N) is 4. The fourth-order valence-corrected chi connectivity index (χ4v) is 3.00. The first-order valence-corrected chi connectivity index (χ1v) is 10.9. The van der Waals surface area contributed by atoms with Gasteiger partial charge in [0, 0.05) is 11.4 Å². The summed E-state index contributed by atoms with van der Waals surface area (Å²) in [6.07, 6.45) is 3.22. The molecule has 34 heavy (non-hydrogen) atoms. The minimum Gasteiger partial charge on any atom is -0.369 e. The first-order valence-electron chi connectivity index (χ1n) is 10.9. The van der Waals surface area contributed by atoms with Gasteiger partial charge < -0.3 is 33.6 Å². The van der Waals surface area contributed by atoms with Gasteiger partial charge in [0.2, 0.25) is 11.9 Å². The van der Waals surface area contributed by atoms with Crippen LogP contribution in [0.4, 0.5) is 16.2 Å². The van der Waals surface area contributed by atoms with Gasteiger partial charge in [-0.15, -0.1) is 10.2 Å². The summed E-state index contributed by atoms with van der Waals surface area (Å²) >= 11 is 0. The van der Waals surface area contributed by atoms with E-state index in [4.69, 9.17) is 22.9 Å². The Labute approximate surface area is 199 Å². The molecule has 0 aliphatic carbocycles. The molecule has 0 saturated carbocycles. The van der Waals surface area contributed by atoms with Gasteiger partial charge in [-0.05, 0) is 48.2 Å². The van der Waals surface area contributed by atoms with Gasteiger partial charge in [-0.2, -0.15) is 10.2 Å². The van der Waals surface area contributed by atoms with Crippen LogP contribution >= 0.6 is 0 Å². The third-order valence-electron chi connectivity index (χ3n) is 4.50. The van der Waals surface area contributed by atoms with Crippen LogP contribution in [0.1, 0.15) is 50.7 Å². The van der Waals surface area contributed by atoms with Gasteiger partial charge in [-0.25, -0.2) is 4.79 Å². The average molecular weight is 465 g/mol. The van der Waals surface area contributed by atoms with E-state index in [9.17, 15) is 4.79 Å². The van der Waals surface area contributed by atoms with Crippen molar-refractivity contribution in [2.45, 2.75) is 39.5 Å². The number of carbonyl (C=O) groups excluding carboxylic acids is 1. The lowest BCUT2D eigenvalue weighted by Gasteiger charge is -2.10. The molecule has 0 heterocycles. The fraction of sp³-hybridized carbons (Fsp3) is 0.261. The maximum atomic E-state index is 12.4. The predicted molar refractivity (Wildman–Crippen MR) is 140 cm³/mol. The second-order valence-electron chi connectivity index (χ2n) is 7.38. The smallest absolute Gasteiger partial charge is 0.323 e. The number of anilines is 2. The van der Waals surface area contributed by atoms with Crippen molar-refractivity contribution >= 4 is 40.7 Å². The number of hydrogen-bond acceptors (Lipinski definition) is 5. The Kier molecular flexibility index (Phi) is 10.0. The van der Waals surface area contributed by atoms with E-state index in [1.54, 1.807) is 24.3 Å². The average Bonchev–Trinajstić information content (AvgIpc) is 2.80. The lowest BCUT2D eigenvalue weighted by Crippen LogP contribution is -2.22. The van der Waals surface area contributed by atoms with Crippen molar-refractivity contribution in [3.05, 3.63) is 59.7 Å². The molecule has 0 saturated heterocycles. The Morgan fingerprint density at radius 1 is 0.647 bits per heavy atom. The van der Waals surface area contributed by atoms with Crippen molar-refractivity contribution < 1.29 is 4.79 Å². The van der Waals surface area contributed by atoms with Crippen LogP contribution in [0, 0.1) is 0 Å². The number of benzene rings is 2. The highest BCUT2D eigenvalue weighted by atomic mass is 16.2. The van der Waals surface area contributed by atoms with E-state index in [0.29, 0.717) is 11.4 Å². The number of amides is 2. The Hall–Kier alpha value is -4.41. The molecule has 11 nitrogen and oxygen atoms in total. The zero-order chi connectivity index (χ0) is 24.9. The van der Waals surface area contributed by atoms with E-state index in [0.717, 1.165) is 48.2 Å². The normalized spacial score (nSPS) is 11.5. The summed E-state index contributed by atoms with van der Waals surface area (Å²) < 4.78 is 0. The summed E-state index contributed by atoms with van der Waals surface area (Å²) in [5.41, 5.74) is 26.0. The van der Waals surface area contributed by atoms with Crippen LogP contribution in [0.15, 0.2) is 68.9 Å². The number of urea groups is 1. The zero-order valence-corrected chi connectivity index (χ0v) is 19.5. The number of rotatable bonds is 10. The highest BCUT2D eigenvalue weighted by Gasteiger charge is 2.08. The fourth-order valence-electron chi connectivity index (χ4n) is 3.00. The van der Waals surface area contributed by atoms with E-state index >= 15 is 0 Å². The van der Waals surface area contributed by atoms with Crippen molar-refractivity contribution in [2.24, 2.45) is 43.3 Å². The maximum absolute atomic E-state index is 12.4. The largest absolute Gasteiger partial charge is 0.369 e. The molecule has 0 spiro atoms. The Balaban J connectivity index is 2.04. The summed E-state index contributed by atoms with van der Waals surface area (Å²) in [6, 6.07) is 14.2. The quantitative estimate of drug-likeness (QED) is 0.178.